The molecule has 130 valence electrons. The second kappa shape index (κ2) is 8.67. The third kappa shape index (κ3) is 5.33. The van der Waals surface area contributed by atoms with Gasteiger partial charge in [-0.2, -0.15) is 0 Å². The molecule has 0 spiro atoms. The number of halogens is 1. The number of carbonyl (C=O) groups excluding carboxylic acids is 1. The SMILES string of the molecule is O=C(Nc1ccc(Cl)cc1)c1ccc(NCCC2=CCCCC2)cn1. The van der Waals surface area contributed by atoms with Crippen LogP contribution in [0.25, 0.3) is 0 Å². The van der Waals surface area contributed by atoms with Crippen LogP contribution in [0.5, 0.6) is 0 Å². The van der Waals surface area contributed by atoms with Crippen molar-refractivity contribution in [2.45, 2.75) is 32.1 Å². The Bertz CT molecular complexity index is 739. The van der Waals surface area contributed by atoms with Crippen LogP contribution in [0.3, 0.4) is 0 Å². The number of hydrogen-bond acceptors (Lipinski definition) is 3. The molecule has 1 aliphatic carbocycles. The van der Waals surface area contributed by atoms with E-state index in [-0.39, 0.29) is 5.91 Å². The average Bonchev–Trinajstić information content (AvgIpc) is 2.65. The van der Waals surface area contributed by atoms with E-state index in [1.54, 1.807) is 42.1 Å². The molecule has 0 radical (unpaired) electrons. The van der Waals surface area contributed by atoms with Crippen LogP contribution in [0.1, 0.15) is 42.6 Å². The minimum atomic E-state index is -0.235. The van der Waals surface area contributed by atoms with Gasteiger partial charge in [0.15, 0.2) is 0 Å². The van der Waals surface area contributed by atoms with Gasteiger partial charge in [0.05, 0.1) is 11.9 Å². The fourth-order valence-electron chi connectivity index (χ4n) is 2.86. The Balaban J connectivity index is 1.50. The minimum absolute atomic E-state index is 0.235. The number of rotatable bonds is 6. The highest BCUT2D eigenvalue weighted by Gasteiger charge is 2.08. The second-order valence-corrected chi connectivity index (χ2v) is 6.61. The summed E-state index contributed by atoms with van der Waals surface area (Å²) in [6.07, 6.45) is 10.2. The van der Waals surface area contributed by atoms with Crippen LogP contribution in [-0.2, 0) is 0 Å². The third-order valence-electron chi connectivity index (χ3n) is 4.26. The van der Waals surface area contributed by atoms with Gasteiger partial charge in [0, 0.05) is 17.3 Å². The maximum absolute atomic E-state index is 12.2. The standard InChI is InChI=1S/C20H22ClN3O/c21-16-6-8-17(9-7-16)24-20(25)19-11-10-18(14-23-19)22-13-12-15-4-2-1-3-5-15/h4,6-11,14,22H,1-3,5,12-13H2,(H,24,25). The van der Waals surface area contributed by atoms with Crippen molar-refractivity contribution in [1.82, 2.24) is 4.98 Å². The summed E-state index contributed by atoms with van der Waals surface area (Å²) in [5.41, 5.74) is 3.56. The number of benzene rings is 1. The molecule has 2 aromatic rings. The second-order valence-electron chi connectivity index (χ2n) is 6.18. The molecule has 0 unspecified atom stereocenters. The van der Waals surface area contributed by atoms with Gasteiger partial charge in [-0.15, -0.1) is 0 Å². The topological polar surface area (TPSA) is 54.0 Å². The van der Waals surface area contributed by atoms with Crippen molar-refractivity contribution < 1.29 is 4.79 Å². The number of nitrogens with one attached hydrogen (secondary N) is 2. The molecule has 25 heavy (non-hydrogen) atoms. The van der Waals surface area contributed by atoms with Crippen molar-refractivity contribution in [1.29, 1.82) is 0 Å². The van der Waals surface area contributed by atoms with Gasteiger partial charge in [-0.25, -0.2) is 4.98 Å². The molecule has 0 saturated carbocycles. The lowest BCUT2D eigenvalue weighted by Crippen LogP contribution is -2.13. The van der Waals surface area contributed by atoms with Gasteiger partial charge in [0.25, 0.3) is 5.91 Å². The zero-order valence-electron chi connectivity index (χ0n) is 14.1. The Morgan fingerprint density at radius 2 is 1.88 bits per heavy atom. The van der Waals surface area contributed by atoms with Gasteiger partial charge in [0.2, 0.25) is 0 Å². The fourth-order valence-corrected chi connectivity index (χ4v) is 2.99. The molecule has 0 atom stereocenters. The largest absolute Gasteiger partial charge is 0.383 e. The number of pyridine rings is 1. The number of allylic oxidation sites excluding steroid dienone is 1. The van der Waals surface area contributed by atoms with E-state index in [9.17, 15) is 4.79 Å². The first-order chi connectivity index (χ1) is 12.2. The molecule has 4 nitrogen and oxygen atoms in total. The molecule has 1 amide bonds. The van der Waals surface area contributed by atoms with Crippen LogP contribution in [0, 0.1) is 0 Å². The maximum atomic E-state index is 12.2. The molecular formula is C20H22ClN3O. The van der Waals surface area contributed by atoms with Gasteiger partial charge >= 0.3 is 0 Å². The summed E-state index contributed by atoms with van der Waals surface area (Å²) < 4.78 is 0. The lowest BCUT2D eigenvalue weighted by Gasteiger charge is -2.13. The first kappa shape index (κ1) is 17.5. The fraction of sp³-hybridized carbons (Fsp3) is 0.300. The molecule has 0 saturated heterocycles. The van der Waals surface area contributed by atoms with E-state index in [2.05, 4.69) is 21.7 Å². The van der Waals surface area contributed by atoms with Crippen molar-refractivity contribution in [3.05, 3.63) is 65.0 Å². The zero-order valence-corrected chi connectivity index (χ0v) is 14.9. The van der Waals surface area contributed by atoms with Crippen LogP contribution in [0.15, 0.2) is 54.2 Å². The Morgan fingerprint density at radius 1 is 1.08 bits per heavy atom. The zero-order chi connectivity index (χ0) is 17.5. The van der Waals surface area contributed by atoms with Crippen molar-refractivity contribution in [2.75, 3.05) is 17.2 Å². The Labute approximate surface area is 153 Å². The van der Waals surface area contributed by atoms with E-state index in [0.29, 0.717) is 16.4 Å². The van der Waals surface area contributed by atoms with Gasteiger partial charge in [-0.05, 0) is 68.5 Å². The minimum Gasteiger partial charge on any atom is -0.383 e. The highest BCUT2D eigenvalue weighted by Crippen LogP contribution is 2.20. The molecule has 0 fully saturated rings. The van der Waals surface area contributed by atoms with E-state index in [1.807, 2.05) is 6.07 Å². The molecule has 0 bridgehead atoms. The summed E-state index contributed by atoms with van der Waals surface area (Å²) in [5, 5.41) is 6.80. The summed E-state index contributed by atoms with van der Waals surface area (Å²) in [4.78, 5) is 16.4. The predicted molar refractivity (Wildman–Crippen MR) is 103 cm³/mol. The van der Waals surface area contributed by atoms with Crippen molar-refractivity contribution in [3.8, 4) is 0 Å². The first-order valence-electron chi connectivity index (χ1n) is 8.65. The molecule has 5 heteroatoms. The lowest BCUT2D eigenvalue weighted by molar-refractivity contribution is 0.102. The number of amides is 1. The third-order valence-corrected chi connectivity index (χ3v) is 4.51. The van der Waals surface area contributed by atoms with Crippen LogP contribution < -0.4 is 10.6 Å². The molecule has 1 aromatic carbocycles. The van der Waals surface area contributed by atoms with Crippen molar-refractivity contribution >= 4 is 28.9 Å². The van der Waals surface area contributed by atoms with Gasteiger partial charge in [0.1, 0.15) is 5.69 Å². The van der Waals surface area contributed by atoms with Crippen molar-refractivity contribution in [2.24, 2.45) is 0 Å². The maximum Gasteiger partial charge on any atom is 0.274 e. The number of hydrogen-bond donors (Lipinski definition) is 2. The summed E-state index contributed by atoms with van der Waals surface area (Å²) in [6.45, 7) is 0.893. The highest BCUT2D eigenvalue weighted by atomic mass is 35.5. The Hall–Kier alpha value is -2.33. The molecule has 0 aliphatic heterocycles. The lowest BCUT2D eigenvalue weighted by atomic mass is 9.97. The van der Waals surface area contributed by atoms with Crippen LogP contribution in [-0.4, -0.2) is 17.4 Å². The summed E-state index contributed by atoms with van der Waals surface area (Å²) in [7, 11) is 0. The Morgan fingerprint density at radius 3 is 2.56 bits per heavy atom. The van der Waals surface area contributed by atoms with E-state index < -0.39 is 0 Å². The summed E-state index contributed by atoms with van der Waals surface area (Å²) in [5.74, 6) is -0.235. The highest BCUT2D eigenvalue weighted by molar-refractivity contribution is 6.30. The van der Waals surface area contributed by atoms with Crippen LogP contribution in [0.2, 0.25) is 5.02 Å². The van der Waals surface area contributed by atoms with Gasteiger partial charge in [-0.1, -0.05) is 23.3 Å². The molecule has 1 aromatic heterocycles. The Kier molecular flexibility index (Phi) is 6.07. The number of aromatic nitrogens is 1. The number of carbonyl (C=O) groups is 1. The summed E-state index contributed by atoms with van der Waals surface area (Å²) in [6, 6.07) is 10.6. The molecule has 1 heterocycles. The average molecular weight is 356 g/mol. The normalized spacial score (nSPS) is 13.9. The molecular weight excluding hydrogens is 334 g/mol. The smallest absolute Gasteiger partial charge is 0.274 e. The van der Waals surface area contributed by atoms with E-state index in [0.717, 1.165) is 18.7 Å². The van der Waals surface area contributed by atoms with E-state index in [4.69, 9.17) is 11.6 Å². The van der Waals surface area contributed by atoms with Crippen LogP contribution >= 0.6 is 11.6 Å². The predicted octanol–water partition coefficient (Wildman–Crippen LogP) is 5.29. The monoisotopic (exact) mass is 355 g/mol. The van der Waals surface area contributed by atoms with E-state index >= 15 is 0 Å². The van der Waals surface area contributed by atoms with Gasteiger partial charge in [-0.3, -0.25) is 4.79 Å². The quantitative estimate of drug-likeness (QED) is 0.692. The number of nitrogens with zero attached hydrogens (tertiary/aromatic N) is 1. The van der Waals surface area contributed by atoms with E-state index in [1.165, 1.54) is 25.7 Å². The van der Waals surface area contributed by atoms with Crippen LogP contribution in [0.4, 0.5) is 11.4 Å². The number of anilines is 2. The molecule has 2 N–H and O–H groups in total. The molecule has 1 aliphatic rings. The van der Waals surface area contributed by atoms with Gasteiger partial charge < -0.3 is 10.6 Å². The first-order valence-corrected chi connectivity index (χ1v) is 9.03. The molecule has 3 rings (SSSR count). The summed E-state index contributed by atoms with van der Waals surface area (Å²) >= 11 is 5.84. The van der Waals surface area contributed by atoms with Crippen molar-refractivity contribution in [3.63, 3.8) is 0 Å².